The average molecular weight is 271 g/mol. The molecule has 0 spiro atoms. The van der Waals surface area contributed by atoms with E-state index in [1.54, 1.807) is 12.1 Å². The molecule has 0 aromatic heterocycles. The van der Waals surface area contributed by atoms with Crippen molar-refractivity contribution in [1.82, 2.24) is 0 Å². The van der Waals surface area contributed by atoms with Crippen molar-refractivity contribution >= 4 is 23.0 Å². The molecule has 1 aromatic carbocycles. The second-order valence-corrected chi connectivity index (χ2v) is 5.60. The lowest BCUT2D eigenvalue weighted by Gasteiger charge is -2.49. The molecular formula is C12H15ClN2O3. The molecule has 2 N–H and O–H groups in total. The Morgan fingerprint density at radius 1 is 1.56 bits per heavy atom. The van der Waals surface area contributed by atoms with Crippen LogP contribution in [0.5, 0.6) is 0 Å². The van der Waals surface area contributed by atoms with Gasteiger partial charge in [-0.05, 0) is 18.6 Å². The summed E-state index contributed by atoms with van der Waals surface area (Å²) in [4.78, 5) is 10.1. The zero-order valence-electron chi connectivity index (χ0n) is 10.2. The molecular weight excluding hydrogens is 256 g/mol. The summed E-state index contributed by atoms with van der Waals surface area (Å²) in [6.07, 6.45) is 0.352. The topological polar surface area (TPSA) is 75.4 Å². The Balaban J connectivity index is 2.12. The number of anilines is 1. The second-order valence-electron chi connectivity index (χ2n) is 5.19. The zero-order valence-corrected chi connectivity index (χ0v) is 10.9. The lowest BCUT2D eigenvalue weighted by atomic mass is 9.64. The van der Waals surface area contributed by atoms with E-state index >= 15 is 0 Å². The second kappa shape index (κ2) is 4.40. The first-order chi connectivity index (χ1) is 8.32. The molecule has 0 radical (unpaired) electrons. The Kier molecular flexibility index (Phi) is 3.21. The summed E-state index contributed by atoms with van der Waals surface area (Å²) in [5.74, 6) is 0. The van der Waals surface area contributed by atoms with E-state index in [9.17, 15) is 15.2 Å². The molecule has 0 saturated heterocycles. The number of nitro groups is 1. The summed E-state index contributed by atoms with van der Waals surface area (Å²) in [6.45, 7) is 3.96. The number of nitro benzene ring substituents is 1. The van der Waals surface area contributed by atoms with E-state index in [-0.39, 0.29) is 28.3 Å². The molecule has 1 aliphatic rings. The van der Waals surface area contributed by atoms with E-state index in [1.165, 1.54) is 6.07 Å². The van der Waals surface area contributed by atoms with Crippen molar-refractivity contribution in [3.05, 3.63) is 33.3 Å². The van der Waals surface area contributed by atoms with Crippen LogP contribution >= 0.6 is 11.6 Å². The van der Waals surface area contributed by atoms with E-state index < -0.39 is 4.92 Å². The zero-order chi connectivity index (χ0) is 13.5. The minimum absolute atomic E-state index is 0.102. The number of nitrogens with one attached hydrogen (secondary N) is 1. The van der Waals surface area contributed by atoms with Crippen molar-refractivity contribution in [1.29, 1.82) is 0 Å². The fourth-order valence-corrected chi connectivity index (χ4v) is 2.34. The monoisotopic (exact) mass is 270 g/mol. The largest absolute Gasteiger partial charge is 0.392 e. The first-order valence-corrected chi connectivity index (χ1v) is 6.08. The maximum Gasteiger partial charge on any atom is 0.288 e. The first kappa shape index (κ1) is 13.1. The van der Waals surface area contributed by atoms with Gasteiger partial charge in [0.2, 0.25) is 0 Å². The third kappa shape index (κ3) is 2.15. The summed E-state index contributed by atoms with van der Waals surface area (Å²) in [7, 11) is 0. The van der Waals surface area contributed by atoms with Gasteiger partial charge >= 0.3 is 0 Å². The van der Waals surface area contributed by atoms with Crippen LogP contribution in [0.2, 0.25) is 5.02 Å². The fourth-order valence-electron chi connectivity index (χ4n) is 2.09. The van der Waals surface area contributed by atoms with Crippen LogP contribution in [0.1, 0.15) is 20.3 Å². The molecule has 0 heterocycles. The van der Waals surface area contributed by atoms with Gasteiger partial charge in [0.1, 0.15) is 5.02 Å². The van der Waals surface area contributed by atoms with Gasteiger partial charge in [0.15, 0.2) is 0 Å². The molecule has 5 nitrogen and oxygen atoms in total. The van der Waals surface area contributed by atoms with E-state index in [2.05, 4.69) is 5.32 Å². The van der Waals surface area contributed by atoms with Crippen LogP contribution in [0.15, 0.2) is 18.2 Å². The van der Waals surface area contributed by atoms with Crippen LogP contribution in [0.4, 0.5) is 11.4 Å². The molecule has 2 rings (SSSR count). The van der Waals surface area contributed by atoms with Crippen molar-refractivity contribution < 1.29 is 10.0 Å². The standard InChI is InChI=1S/C12H15ClN2O3/c1-12(2)10(6-11(12)16)14-7-3-4-9(15(17)18)8(13)5-7/h3-5,10-11,14,16H,6H2,1-2H3. The molecule has 0 aliphatic heterocycles. The van der Waals surface area contributed by atoms with Gasteiger partial charge in [-0.3, -0.25) is 10.1 Å². The molecule has 2 atom stereocenters. The van der Waals surface area contributed by atoms with Crippen molar-refractivity contribution in [3.8, 4) is 0 Å². The van der Waals surface area contributed by atoms with Crippen LogP contribution in [0.25, 0.3) is 0 Å². The number of aliphatic hydroxyl groups excluding tert-OH is 1. The summed E-state index contributed by atoms with van der Waals surface area (Å²) >= 11 is 5.84. The highest BCUT2D eigenvalue weighted by Gasteiger charge is 2.47. The number of aliphatic hydroxyl groups is 1. The van der Waals surface area contributed by atoms with E-state index in [0.717, 1.165) is 5.69 Å². The SMILES string of the molecule is CC1(C)C(O)CC1Nc1ccc([N+](=O)[O-])c(Cl)c1. The van der Waals surface area contributed by atoms with Crippen molar-refractivity contribution in [2.24, 2.45) is 5.41 Å². The van der Waals surface area contributed by atoms with Gasteiger partial charge in [0.25, 0.3) is 5.69 Å². The first-order valence-electron chi connectivity index (χ1n) is 5.71. The molecule has 1 saturated carbocycles. The number of hydrogen-bond acceptors (Lipinski definition) is 4. The quantitative estimate of drug-likeness (QED) is 0.654. The molecule has 1 aliphatic carbocycles. The van der Waals surface area contributed by atoms with E-state index in [1.807, 2.05) is 13.8 Å². The Morgan fingerprint density at radius 3 is 2.67 bits per heavy atom. The molecule has 1 aromatic rings. The maximum absolute atomic E-state index is 10.6. The van der Waals surface area contributed by atoms with Crippen molar-refractivity contribution in [3.63, 3.8) is 0 Å². The van der Waals surface area contributed by atoms with Gasteiger partial charge in [-0.2, -0.15) is 0 Å². The Bertz CT molecular complexity index is 490. The minimum Gasteiger partial charge on any atom is -0.392 e. The van der Waals surface area contributed by atoms with Gasteiger partial charge in [0, 0.05) is 23.2 Å². The lowest BCUT2D eigenvalue weighted by Crippen LogP contribution is -2.56. The molecule has 1 fully saturated rings. The Morgan fingerprint density at radius 2 is 2.22 bits per heavy atom. The third-order valence-corrected chi connectivity index (χ3v) is 4.00. The van der Waals surface area contributed by atoms with Gasteiger partial charge in [0.05, 0.1) is 11.0 Å². The Hall–Kier alpha value is -1.33. The smallest absolute Gasteiger partial charge is 0.288 e. The maximum atomic E-state index is 10.6. The number of halogens is 1. The van der Waals surface area contributed by atoms with Gasteiger partial charge in [-0.1, -0.05) is 25.4 Å². The Labute approximate surface area is 110 Å². The molecule has 18 heavy (non-hydrogen) atoms. The highest BCUT2D eigenvalue weighted by Crippen LogP contribution is 2.42. The molecule has 0 bridgehead atoms. The van der Waals surface area contributed by atoms with Crippen LogP contribution in [0.3, 0.4) is 0 Å². The summed E-state index contributed by atoms with van der Waals surface area (Å²) in [6, 6.07) is 4.70. The fraction of sp³-hybridized carbons (Fsp3) is 0.500. The molecule has 6 heteroatoms. The van der Waals surface area contributed by atoms with Crippen LogP contribution in [-0.4, -0.2) is 22.2 Å². The normalized spacial score (nSPS) is 25.3. The van der Waals surface area contributed by atoms with Gasteiger partial charge in [-0.15, -0.1) is 0 Å². The van der Waals surface area contributed by atoms with E-state index in [4.69, 9.17) is 11.6 Å². The summed E-state index contributed by atoms with van der Waals surface area (Å²) < 4.78 is 0. The summed E-state index contributed by atoms with van der Waals surface area (Å²) in [5, 5.41) is 23.6. The van der Waals surface area contributed by atoms with Crippen molar-refractivity contribution in [2.75, 3.05) is 5.32 Å². The van der Waals surface area contributed by atoms with Crippen LogP contribution < -0.4 is 5.32 Å². The highest BCUT2D eigenvalue weighted by atomic mass is 35.5. The van der Waals surface area contributed by atoms with Crippen LogP contribution in [-0.2, 0) is 0 Å². The summed E-state index contributed by atoms with van der Waals surface area (Å²) in [5.41, 5.74) is 0.430. The van der Waals surface area contributed by atoms with Crippen LogP contribution in [0, 0.1) is 15.5 Å². The number of rotatable bonds is 3. The number of hydrogen-bond donors (Lipinski definition) is 2. The van der Waals surface area contributed by atoms with E-state index in [0.29, 0.717) is 6.42 Å². The minimum atomic E-state index is -0.511. The predicted octanol–water partition coefficient (Wildman–Crippen LogP) is 2.82. The molecule has 98 valence electrons. The van der Waals surface area contributed by atoms with Gasteiger partial charge < -0.3 is 10.4 Å². The third-order valence-electron chi connectivity index (χ3n) is 3.70. The number of nitrogens with zero attached hydrogens (tertiary/aromatic N) is 1. The lowest BCUT2D eigenvalue weighted by molar-refractivity contribution is -0.384. The predicted molar refractivity (Wildman–Crippen MR) is 69.9 cm³/mol. The molecule has 2 unspecified atom stereocenters. The highest BCUT2D eigenvalue weighted by molar-refractivity contribution is 6.32. The van der Waals surface area contributed by atoms with Gasteiger partial charge in [-0.25, -0.2) is 0 Å². The molecule has 0 amide bonds. The number of benzene rings is 1. The van der Waals surface area contributed by atoms with Crippen molar-refractivity contribution in [2.45, 2.75) is 32.4 Å². The average Bonchev–Trinajstić information content (AvgIpc) is 2.28.